The average molecular weight is 423 g/mol. The lowest BCUT2D eigenvalue weighted by atomic mass is 10.2. The van der Waals surface area contributed by atoms with Crippen LogP contribution in [0.5, 0.6) is 0 Å². The highest BCUT2D eigenvalue weighted by Gasteiger charge is 2.32. The summed E-state index contributed by atoms with van der Waals surface area (Å²) in [7, 11) is 0. The molecule has 0 saturated carbocycles. The number of amides is 2. The second kappa shape index (κ2) is 10.8. The normalized spacial score (nSPS) is 12.5. The molecule has 1 atom stereocenters. The number of esters is 1. The molecule has 1 rings (SSSR count). The van der Waals surface area contributed by atoms with E-state index in [4.69, 9.17) is 14.2 Å². The number of carbonyl (C=O) groups is 3. The zero-order chi connectivity index (χ0) is 22.9. The summed E-state index contributed by atoms with van der Waals surface area (Å²) in [6.07, 6.45) is -1.91. The molecule has 0 spiro atoms. The fourth-order valence-electron chi connectivity index (χ4n) is 2.44. The summed E-state index contributed by atoms with van der Waals surface area (Å²) in [5.41, 5.74) is -0.644. The van der Waals surface area contributed by atoms with Gasteiger partial charge in [0.2, 0.25) is 0 Å². The molecule has 2 amide bonds. The third kappa shape index (κ3) is 10.1. The molecule has 8 heteroatoms. The third-order valence-corrected chi connectivity index (χ3v) is 3.61. The highest BCUT2D eigenvalue weighted by atomic mass is 16.6. The zero-order valence-corrected chi connectivity index (χ0v) is 19.0. The van der Waals surface area contributed by atoms with Gasteiger partial charge in [0.15, 0.2) is 0 Å². The van der Waals surface area contributed by atoms with Crippen molar-refractivity contribution in [1.82, 2.24) is 10.2 Å². The Kier molecular flexibility index (Phi) is 9.14. The maximum Gasteiger partial charge on any atom is 0.412 e. The fourth-order valence-corrected chi connectivity index (χ4v) is 2.44. The summed E-state index contributed by atoms with van der Waals surface area (Å²) < 4.78 is 16.0. The van der Waals surface area contributed by atoms with Crippen molar-refractivity contribution in [2.24, 2.45) is 0 Å². The standard InChI is InChI=1S/C22H34N2O6/c1-8-17(23-19(26)28-15-16-12-10-9-11-13-16)24(20(27)30-22(5,6)7)14-18(25)29-21(2,3)4/h9-13,17H,8,14-15H2,1-7H3,(H,23,26). The van der Waals surface area contributed by atoms with Crippen molar-refractivity contribution in [3.8, 4) is 0 Å². The van der Waals surface area contributed by atoms with Gasteiger partial charge in [-0.25, -0.2) is 9.59 Å². The molecule has 0 saturated heterocycles. The van der Waals surface area contributed by atoms with Crippen molar-refractivity contribution >= 4 is 18.2 Å². The van der Waals surface area contributed by atoms with Gasteiger partial charge in [0.1, 0.15) is 30.5 Å². The average Bonchev–Trinajstić information content (AvgIpc) is 2.60. The maximum absolute atomic E-state index is 12.7. The Labute approximate surface area is 178 Å². The fraction of sp³-hybridized carbons (Fsp3) is 0.591. The molecule has 1 unspecified atom stereocenters. The molecular weight excluding hydrogens is 388 g/mol. The van der Waals surface area contributed by atoms with Crippen LogP contribution in [0.4, 0.5) is 9.59 Å². The molecule has 0 radical (unpaired) electrons. The van der Waals surface area contributed by atoms with Crippen molar-refractivity contribution in [1.29, 1.82) is 0 Å². The molecule has 30 heavy (non-hydrogen) atoms. The summed E-state index contributed by atoms with van der Waals surface area (Å²) >= 11 is 0. The van der Waals surface area contributed by atoms with Gasteiger partial charge >= 0.3 is 18.2 Å². The Balaban J connectivity index is 2.87. The molecule has 0 aliphatic carbocycles. The third-order valence-electron chi connectivity index (χ3n) is 3.61. The van der Waals surface area contributed by atoms with Crippen LogP contribution in [0, 0.1) is 0 Å². The van der Waals surface area contributed by atoms with Crippen molar-refractivity contribution in [2.45, 2.75) is 78.9 Å². The Hall–Kier alpha value is -2.77. The molecule has 1 aromatic carbocycles. The highest BCUT2D eigenvalue weighted by Crippen LogP contribution is 2.15. The minimum absolute atomic E-state index is 0.0849. The van der Waals surface area contributed by atoms with Crippen LogP contribution in [-0.4, -0.2) is 47.0 Å². The SMILES string of the molecule is CCC(NC(=O)OCc1ccccc1)N(CC(=O)OC(C)(C)C)C(=O)OC(C)(C)C. The lowest BCUT2D eigenvalue weighted by Gasteiger charge is -2.33. The van der Waals surface area contributed by atoms with Crippen molar-refractivity contribution in [2.75, 3.05) is 6.54 Å². The van der Waals surface area contributed by atoms with Crippen LogP contribution in [0.3, 0.4) is 0 Å². The summed E-state index contributed by atoms with van der Waals surface area (Å²) in [5.74, 6) is -0.605. The predicted octanol–water partition coefficient (Wildman–Crippen LogP) is 4.23. The Morgan fingerprint density at radius 3 is 2.03 bits per heavy atom. The zero-order valence-electron chi connectivity index (χ0n) is 19.0. The second-order valence-electron chi connectivity index (χ2n) is 8.82. The first-order chi connectivity index (χ1) is 13.8. The number of alkyl carbamates (subject to hydrolysis) is 1. The summed E-state index contributed by atoms with van der Waals surface area (Å²) in [5, 5.41) is 2.63. The van der Waals surface area contributed by atoms with Crippen molar-refractivity contribution in [3.63, 3.8) is 0 Å². The van der Waals surface area contributed by atoms with E-state index in [2.05, 4.69) is 5.32 Å². The van der Waals surface area contributed by atoms with Gasteiger partial charge in [-0.2, -0.15) is 0 Å². The van der Waals surface area contributed by atoms with Gasteiger partial charge in [-0.1, -0.05) is 37.3 Å². The van der Waals surface area contributed by atoms with Crippen LogP contribution in [0.2, 0.25) is 0 Å². The molecular formula is C22H34N2O6. The molecule has 1 N–H and O–H groups in total. The molecule has 0 fully saturated rings. The molecule has 168 valence electrons. The van der Waals surface area contributed by atoms with Gasteiger partial charge in [0.05, 0.1) is 0 Å². The van der Waals surface area contributed by atoms with E-state index >= 15 is 0 Å². The number of nitrogens with one attached hydrogen (secondary N) is 1. The van der Waals surface area contributed by atoms with E-state index in [9.17, 15) is 14.4 Å². The number of carbonyl (C=O) groups excluding carboxylic acids is 3. The van der Waals surface area contributed by atoms with Gasteiger partial charge < -0.3 is 19.5 Å². The van der Waals surface area contributed by atoms with E-state index in [0.29, 0.717) is 6.42 Å². The van der Waals surface area contributed by atoms with Gasteiger partial charge in [0, 0.05) is 0 Å². The monoisotopic (exact) mass is 422 g/mol. The molecule has 0 bridgehead atoms. The Morgan fingerprint density at radius 2 is 1.53 bits per heavy atom. The quantitative estimate of drug-likeness (QED) is 0.401. The summed E-state index contributed by atoms with van der Waals surface area (Å²) in [6.45, 7) is 11.9. The first kappa shape index (κ1) is 25.3. The minimum Gasteiger partial charge on any atom is -0.459 e. The molecule has 0 heterocycles. The molecule has 1 aromatic rings. The van der Waals surface area contributed by atoms with Crippen LogP contribution in [0.15, 0.2) is 30.3 Å². The van der Waals surface area contributed by atoms with E-state index in [1.54, 1.807) is 48.5 Å². The number of benzene rings is 1. The van der Waals surface area contributed by atoms with Gasteiger partial charge in [-0.3, -0.25) is 9.69 Å². The predicted molar refractivity (Wildman–Crippen MR) is 113 cm³/mol. The summed E-state index contributed by atoms with van der Waals surface area (Å²) in [6, 6.07) is 9.22. The van der Waals surface area contributed by atoms with Crippen LogP contribution in [0.1, 0.15) is 60.5 Å². The highest BCUT2D eigenvalue weighted by molar-refractivity contribution is 5.79. The maximum atomic E-state index is 12.7. The molecule has 0 aliphatic rings. The van der Waals surface area contributed by atoms with Crippen LogP contribution in [0.25, 0.3) is 0 Å². The van der Waals surface area contributed by atoms with Crippen LogP contribution in [-0.2, 0) is 25.6 Å². The lowest BCUT2D eigenvalue weighted by Crippen LogP contribution is -2.54. The second-order valence-corrected chi connectivity index (χ2v) is 8.82. The van der Waals surface area contributed by atoms with Crippen molar-refractivity contribution < 1.29 is 28.6 Å². The van der Waals surface area contributed by atoms with E-state index < -0.39 is 35.5 Å². The molecule has 8 nitrogen and oxygen atoms in total. The van der Waals surface area contributed by atoms with Gasteiger partial charge in [-0.15, -0.1) is 0 Å². The number of ether oxygens (including phenoxy) is 3. The van der Waals surface area contributed by atoms with E-state index in [0.717, 1.165) is 10.5 Å². The first-order valence-corrected chi connectivity index (χ1v) is 9.99. The van der Waals surface area contributed by atoms with Gasteiger partial charge in [-0.05, 0) is 53.5 Å². The smallest absolute Gasteiger partial charge is 0.412 e. The van der Waals surface area contributed by atoms with Crippen LogP contribution >= 0.6 is 0 Å². The Morgan fingerprint density at radius 1 is 0.967 bits per heavy atom. The summed E-state index contributed by atoms with van der Waals surface area (Å²) in [4.78, 5) is 38.5. The van der Waals surface area contributed by atoms with E-state index in [1.807, 2.05) is 30.3 Å². The molecule has 0 aliphatic heterocycles. The van der Waals surface area contributed by atoms with Crippen molar-refractivity contribution in [3.05, 3.63) is 35.9 Å². The topological polar surface area (TPSA) is 94.2 Å². The van der Waals surface area contributed by atoms with E-state index in [-0.39, 0.29) is 13.2 Å². The Bertz CT molecular complexity index is 707. The number of hydrogen-bond donors (Lipinski definition) is 1. The molecule has 0 aromatic heterocycles. The minimum atomic E-state index is -0.810. The number of nitrogens with zero attached hydrogens (tertiary/aromatic N) is 1. The lowest BCUT2D eigenvalue weighted by molar-refractivity contribution is -0.156. The van der Waals surface area contributed by atoms with Crippen LogP contribution < -0.4 is 5.32 Å². The number of rotatable bonds is 7. The number of hydrogen-bond acceptors (Lipinski definition) is 6. The first-order valence-electron chi connectivity index (χ1n) is 9.99. The van der Waals surface area contributed by atoms with E-state index in [1.165, 1.54) is 0 Å². The van der Waals surface area contributed by atoms with Gasteiger partial charge in [0.25, 0.3) is 0 Å². The largest absolute Gasteiger partial charge is 0.459 e.